The van der Waals surface area contributed by atoms with Crippen molar-refractivity contribution in [1.82, 2.24) is 4.90 Å². The monoisotopic (exact) mass is 288 g/mol. The number of amides is 1. The van der Waals surface area contributed by atoms with E-state index in [0.29, 0.717) is 13.1 Å². The van der Waals surface area contributed by atoms with Crippen LogP contribution in [0.15, 0.2) is 48.5 Å². The van der Waals surface area contributed by atoms with Gasteiger partial charge in [0, 0.05) is 19.6 Å². The average molecular weight is 288 g/mol. The summed E-state index contributed by atoms with van der Waals surface area (Å²) in [6.07, 6.45) is 0. The Balaban J connectivity index is 2.25. The topological polar surface area (TPSA) is 66.6 Å². The molecule has 21 heavy (non-hydrogen) atoms. The van der Waals surface area contributed by atoms with E-state index in [1.807, 2.05) is 30.3 Å². The van der Waals surface area contributed by atoms with E-state index in [1.165, 1.54) is 11.0 Å². The van der Waals surface area contributed by atoms with Crippen LogP contribution >= 0.6 is 0 Å². The Morgan fingerprint density at radius 1 is 1.19 bits per heavy atom. The van der Waals surface area contributed by atoms with Crippen molar-refractivity contribution in [2.24, 2.45) is 5.73 Å². The first-order valence-electron chi connectivity index (χ1n) is 6.63. The molecule has 0 spiro atoms. The van der Waals surface area contributed by atoms with Crippen molar-refractivity contribution >= 4 is 5.91 Å². The molecule has 1 amide bonds. The molecule has 0 heterocycles. The number of nitrogens with two attached hydrogens (primary N) is 1. The number of phenols is 1. The van der Waals surface area contributed by atoms with Gasteiger partial charge >= 0.3 is 0 Å². The van der Waals surface area contributed by atoms with E-state index < -0.39 is 11.7 Å². The third-order valence-electron chi connectivity index (χ3n) is 3.09. The minimum atomic E-state index is -0.566. The van der Waals surface area contributed by atoms with Crippen LogP contribution in [0.25, 0.3) is 0 Å². The Kier molecular flexibility index (Phi) is 4.90. The number of carbonyl (C=O) groups is 1. The van der Waals surface area contributed by atoms with Crippen LogP contribution in [0.5, 0.6) is 5.75 Å². The zero-order chi connectivity index (χ0) is 15.2. The summed E-state index contributed by atoms with van der Waals surface area (Å²) in [5.74, 6) is -1.25. The molecule has 0 bridgehead atoms. The number of hydrogen-bond donors (Lipinski definition) is 2. The standard InChI is InChI=1S/C16H17FN2O2/c17-13-6-7-15(20)14(10-13)16(21)19(9-8-18)11-12-4-2-1-3-5-12/h1-7,10,20H,8-9,11,18H2. The highest BCUT2D eigenvalue weighted by molar-refractivity contribution is 5.96. The first kappa shape index (κ1) is 15.0. The van der Waals surface area contributed by atoms with Gasteiger partial charge in [-0.1, -0.05) is 30.3 Å². The molecular formula is C16H17FN2O2. The SMILES string of the molecule is NCCN(Cc1ccccc1)C(=O)c1cc(F)ccc1O. The second kappa shape index (κ2) is 6.85. The van der Waals surface area contributed by atoms with Crippen molar-refractivity contribution in [2.75, 3.05) is 13.1 Å². The minimum absolute atomic E-state index is 0.0561. The first-order valence-corrected chi connectivity index (χ1v) is 6.63. The maximum absolute atomic E-state index is 13.3. The Bertz CT molecular complexity index is 617. The molecule has 0 saturated carbocycles. The summed E-state index contributed by atoms with van der Waals surface area (Å²) in [6, 6.07) is 12.7. The Hall–Kier alpha value is -2.40. The number of benzene rings is 2. The fourth-order valence-corrected chi connectivity index (χ4v) is 2.06. The van der Waals surface area contributed by atoms with E-state index in [0.717, 1.165) is 17.7 Å². The zero-order valence-electron chi connectivity index (χ0n) is 11.5. The van der Waals surface area contributed by atoms with E-state index in [4.69, 9.17) is 5.73 Å². The van der Waals surface area contributed by atoms with E-state index in [1.54, 1.807) is 0 Å². The number of phenolic OH excluding ortho intramolecular Hbond substituents is 1. The van der Waals surface area contributed by atoms with Crippen LogP contribution in [0, 0.1) is 5.82 Å². The van der Waals surface area contributed by atoms with Crippen LogP contribution in [0.1, 0.15) is 15.9 Å². The summed E-state index contributed by atoms with van der Waals surface area (Å²) in [4.78, 5) is 13.9. The molecule has 0 saturated heterocycles. The van der Waals surface area contributed by atoms with Crippen LogP contribution in [0.2, 0.25) is 0 Å². The molecular weight excluding hydrogens is 271 g/mol. The van der Waals surface area contributed by atoms with Crippen LogP contribution in [-0.4, -0.2) is 29.0 Å². The summed E-state index contributed by atoms with van der Waals surface area (Å²) in [6.45, 7) is 0.963. The smallest absolute Gasteiger partial charge is 0.258 e. The summed E-state index contributed by atoms with van der Waals surface area (Å²) in [7, 11) is 0. The first-order chi connectivity index (χ1) is 10.1. The number of halogens is 1. The van der Waals surface area contributed by atoms with Crippen molar-refractivity contribution in [3.05, 3.63) is 65.5 Å². The molecule has 0 unspecified atom stereocenters. The number of aromatic hydroxyl groups is 1. The second-order valence-corrected chi connectivity index (χ2v) is 4.66. The molecule has 3 N–H and O–H groups in total. The van der Waals surface area contributed by atoms with Crippen molar-refractivity contribution in [3.8, 4) is 5.75 Å². The summed E-state index contributed by atoms with van der Waals surface area (Å²) in [5.41, 5.74) is 6.42. The van der Waals surface area contributed by atoms with E-state index in [9.17, 15) is 14.3 Å². The Morgan fingerprint density at radius 2 is 1.90 bits per heavy atom. The van der Waals surface area contributed by atoms with Crippen LogP contribution in [-0.2, 0) is 6.54 Å². The lowest BCUT2D eigenvalue weighted by Crippen LogP contribution is -2.35. The highest BCUT2D eigenvalue weighted by Gasteiger charge is 2.19. The summed E-state index contributed by atoms with van der Waals surface area (Å²) in [5, 5.41) is 9.74. The fourth-order valence-electron chi connectivity index (χ4n) is 2.06. The second-order valence-electron chi connectivity index (χ2n) is 4.66. The summed E-state index contributed by atoms with van der Waals surface area (Å²) < 4.78 is 13.3. The number of hydrogen-bond acceptors (Lipinski definition) is 3. The maximum atomic E-state index is 13.3. The van der Waals surface area contributed by atoms with Crippen molar-refractivity contribution in [1.29, 1.82) is 0 Å². The molecule has 0 aliphatic heterocycles. The normalized spacial score (nSPS) is 10.4. The molecule has 2 rings (SSSR count). The lowest BCUT2D eigenvalue weighted by Gasteiger charge is -2.22. The van der Waals surface area contributed by atoms with Crippen LogP contribution in [0.3, 0.4) is 0 Å². The molecule has 0 atom stereocenters. The van der Waals surface area contributed by atoms with E-state index in [-0.39, 0.29) is 17.9 Å². The van der Waals surface area contributed by atoms with E-state index >= 15 is 0 Å². The molecule has 2 aromatic carbocycles. The molecule has 5 heteroatoms. The number of rotatable bonds is 5. The van der Waals surface area contributed by atoms with Gasteiger partial charge in [0.2, 0.25) is 0 Å². The largest absolute Gasteiger partial charge is 0.507 e. The maximum Gasteiger partial charge on any atom is 0.258 e. The van der Waals surface area contributed by atoms with Crippen LogP contribution in [0.4, 0.5) is 4.39 Å². The molecule has 0 aromatic heterocycles. The summed E-state index contributed by atoms with van der Waals surface area (Å²) >= 11 is 0. The van der Waals surface area contributed by atoms with Gasteiger partial charge in [0.15, 0.2) is 0 Å². The van der Waals surface area contributed by atoms with Gasteiger partial charge in [0.05, 0.1) is 5.56 Å². The molecule has 2 aromatic rings. The highest BCUT2D eigenvalue weighted by Crippen LogP contribution is 2.20. The van der Waals surface area contributed by atoms with Gasteiger partial charge in [0.25, 0.3) is 5.91 Å². The van der Waals surface area contributed by atoms with Gasteiger partial charge in [-0.15, -0.1) is 0 Å². The molecule has 0 radical (unpaired) electrons. The third kappa shape index (κ3) is 3.79. The number of nitrogens with zero attached hydrogens (tertiary/aromatic N) is 1. The molecule has 110 valence electrons. The lowest BCUT2D eigenvalue weighted by molar-refractivity contribution is 0.0744. The van der Waals surface area contributed by atoms with Crippen molar-refractivity contribution in [3.63, 3.8) is 0 Å². The minimum Gasteiger partial charge on any atom is -0.507 e. The van der Waals surface area contributed by atoms with Gasteiger partial charge in [-0.05, 0) is 23.8 Å². The van der Waals surface area contributed by atoms with Gasteiger partial charge in [-0.3, -0.25) is 4.79 Å². The Morgan fingerprint density at radius 3 is 2.57 bits per heavy atom. The van der Waals surface area contributed by atoms with Crippen molar-refractivity contribution < 1.29 is 14.3 Å². The van der Waals surface area contributed by atoms with E-state index in [2.05, 4.69) is 0 Å². The molecule has 0 fully saturated rings. The molecule has 0 aliphatic carbocycles. The molecule has 4 nitrogen and oxygen atoms in total. The van der Waals surface area contributed by atoms with Crippen molar-refractivity contribution in [2.45, 2.75) is 6.54 Å². The van der Waals surface area contributed by atoms with Gasteiger partial charge in [0.1, 0.15) is 11.6 Å². The third-order valence-corrected chi connectivity index (χ3v) is 3.09. The Labute approximate surface area is 122 Å². The number of carbonyl (C=O) groups excluding carboxylic acids is 1. The molecule has 0 aliphatic rings. The quantitative estimate of drug-likeness (QED) is 0.885. The van der Waals surface area contributed by atoms with Gasteiger partial charge in [-0.25, -0.2) is 4.39 Å². The van der Waals surface area contributed by atoms with Gasteiger partial charge in [-0.2, -0.15) is 0 Å². The fraction of sp³-hybridized carbons (Fsp3) is 0.188. The van der Waals surface area contributed by atoms with Gasteiger partial charge < -0.3 is 15.7 Å². The van der Waals surface area contributed by atoms with Crippen LogP contribution < -0.4 is 5.73 Å². The predicted octanol–water partition coefficient (Wildman–Crippen LogP) is 2.13. The lowest BCUT2D eigenvalue weighted by atomic mass is 10.1. The highest BCUT2D eigenvalue weighted by atomic mass is 19.1. The average Bonchev–Trinajstić information content (AvgIpc) is 2.49. The predicted molar refractivity (Wildman–Crippen MR) is 78.3 cm³/mol. The zero-order valence-corrected chi connectivity index (χ0v) is 11.5.